The standard InChI is InChI=1S/C12H16F2N2O2/c13-12(14)18-8-10(15)11(17)16-7-6-9-4-2-1-3-5-9/h1-5,10,12H,6-8,15H2,(H,16,17). The first-order chi connectivity index (χ1) is 8.59. The van der Waals surface area contributed by atoms with Gasteiger partial charge >= 0.3 is 6.61 Å². The highest BCUT2D eigenvalue weighted by Crippen LogP contribution is 1.98. The fourth-order valence-corrected chi connectivity index (χ4v) is 1.36. The van der Waals surface area contributed by atoms with E-state index in [2.05, 4.69) is 10.1 Å². The summed E-state index contributed by atoms with van der Waals surface area (Å²) in [6, 6.07) is 8.51. The maximum absolute atomic E-state index is 11.7. The van der Waals surface area contributed by atoms with E-state index >= 15 is 0 Å². The SMILES string of the molecule is NC(COC(F)F)C(=O)NCCc1ccccc1. The van der Waals surface area contributed by atoms with Crippen molar-refractivity contribution in [3.8, 4) is 0 Å². The van der Waals surface area contributed by atoms with Gasteiger partial charge in [0.15, 0.2) is 0 Å². The van der Waals surface area contributed by atoms with Crippen molar-refractivity contribution >= 4 is 5.91 Å². The first kappa shape index (κ1) is 14.5. The van der Waals surface area contributed by atoms with Gasteiger partial charge in [0.1, 0.15) is 6.04 Å². The molecule has 6 heteroatoms. The van der Waals surface area contributed by atoms with Crippen molar-refractivity contribution in [1.29, 1.82) is 0 Å². The van der Waals surface area contributed by atoms with Crippen LogP contribution in [0.15, 0.2) is 30.3 Å². The van der Waals surface area contributed by atoms with E-state index in [1.54, 1.807) is 0 Å². The van der Waals surface area contributed by atoms with Gasteiger partial charge in [0.25, 0.3) is 0 Å². The van der Waals surface area contributed by atoms with E-state index in [1.165, 1.54) is 0 Å². The molecule has 1 aromatic carbocycles. The predicted molar refractivity (Wildman–Crippen MR) is 63.1 cm³/mol. The number of carbonyl (C=O) groups excluding carboxylic acids is 1. The molecule has 0 saturated carbocycles. The highest BCUT2D eigenvalue weighted by atomic mass is 19.3. The summed E-state index contributed by atoms with van der Waals surface area (Å²) in [6.07, 6.45) is 0.662. The Balaban J connectivity index is 2.20. The number of amides is 1. The van der Waals surface area contributed by atoms with Crippen molar-refractivity contribution in [2.75, 3.05) is 13.2 Å². The summed E-state index contributed by atoms with van der Waals surface area (Å²) < 4.78 is 27.4. The Hall–Kier alpha value is -1.53. The number of rotatable bonds is 7. The zero-order valence-electron chi connectivity index (χ0n) is 9.81. The molecule has 100 valence electrons. The zero-order chi connectivity index (χ0) is 13.4. The van der Waals surface area contributed by atoms with Gasteiger partial charge in [-0.25, -0.2) is 0 Å². The number of carbonyl (C=O) groups is 1. The summed E-state index contributed by atoms with van der Waals surface area (Å²) in [5.74, 6) is -0.494. The Bertz CT molecular complexity index is 360. The third kappa shape index (κ3) is 5.70. The first-order valence-corrected chi connectivity index (χ1v) is 5.56. The van der Waals surface area contributed by atoms with Crippen LogP contribution < -0.4 is 11.1 Å². The summed E-state index contributed by atoms with van der Waals surface area (Å²) >= 11 is 0. The summed E-state index contributed by atoms with van der Waals surface area (Å²) in [5, 5.41) is 2.57. The highest BCUT2D eigenvalue weighted by Gasteiger charge is 2.15. The van der Waals surface area contributed by atoms with Crippen LogP contribution in [0.2, 0.25) is 0 Å². The molecule has 0 spiro atoms. The van der Waals surface area contributed by atoms with Crippen LogP contribution in [0.4, 0.5) is 8.78 Å². The minimum absolute atomic E-state index is 0.408. The number of hydrogen-bond acceptors (Lipinski definition) is 3. The molecule has 0 aromatic heterocycles. The molecule has 1 unspecified atom stereocenters. The molecular weight excluding hydrogens is 242 g/mol. The first-order valence-electron chi connectivity index (χ1n) is 5.56. The highest BCUT2D eigenvalue weighted by molar-refractivity contribution is 5.81. The van der Waals surface area contributed by atoms with Crippen molar-refractivity contribution in [1.82, 2.24) is 5.32 Å². The molecule has 1 amide bonds. The molecule has 1 aromatic rings. The molecule has 0 aliphatic carbocycles. The normalized spacial score (nSPS) is 12.4. The lowest BCUT2D eigenvalue weighted by Crippen LogP contribution is -2.44. The summed E-state index contributed by atoms with van der Waals surface area (Å²) in [7, 11) is 0. The molecular formula is C12H16F2N2O2. The van der Waals surface area contributed by atoms with E-state index in [1.807, 2.05) is 30.3 Å². The Morgan fingerprint density at radius 2 is 2.00 bits per heavy atom. The van der Waals surface area contributed by atoms with Crippen LogP contribution >= 0.6 is 0 Å². The number of nitrogens with two attached hydrogens (primary N) is 1. The van der Waals surface area contributed by atoms with E-state index in [9.17, 15) is 13.6 Å². The van der Waals surface area contributed by atoms with E-state index in [0.29, 0.717) is 13.0 Å². The number of alkyl halides is 2. The Labute approximate surface area is 104 Å². The van der Waals surface area contributed by atoms with Crippen LogP contribution in [0, 0.1) is 0 Å². The lowest BCUT2D eigenvalue weighted by Gasteiger charge is -2.12. The van der Waals surface area contributed by atoms with Gasteiger partial charge in [-0.1, -0.05) is 30.3 Å². The monoisotopic (exact) mass is 258 g/mol. The number of ether oxygens (including phenoxy) is 1. The molecule has 3 N–H and O–H groups in total. The zero-order valence-corrected chi connectivity index (χ0v) is 9.81. The summed E-state index contributed by atoms with van der Waals surface area (Å²) in [6.45, 7) is -2.99. The largest absolute Gasteiger partial charge is 0.354 e. The van der Waals surface area contributed by atoms with Gasteiger partial charge in [0, 0.05) is 6.54 Å². The minimum atomic E-state index is -2.91. The predicted octanol–water partition coefficient (Wildman–Crippen LogP) is 0.912. The van der Waals surface area contributed by atoms with Crippen LogP contribution in [0.3, 0.4) is 0 Å². The van der Waals surface area contributed by atoms with Crippen molar-refractivity contribution in [2.45, 2.75) is 19.1 Å². The molecule has 1 rings (SSSR count). The fraction of sp³-hybridized carbons (Fsp3) is 0.417. The molecule has 0 saturated heterocycles. The van der Waals surface area contributed by atoms with Gasteiger partial charge in [-0.15, -0.1) is 0 Å². The lowest BCUT2D eigenvalue weighted by atomic mass is 10.1. The number of nitrogens with one attached hydrogen (secondary N) is 1. The molecule has 0 radical (unpaired) electrons. The van der Waals surface area contributed by atoms with Crippen LogP contribution in [-0.2, 0) is 16.0 Å². The molecule has 18 heavy (non-hydrogen) atoms. The molecule has 1 atom stereocenters. The maximum Gasteiger partial charge on any atom is 0.345 e. The number of hydrogen-bond donors (Lipinski definition) is 2. The Morgan fingerprint density at radius 3 is 2.61 bits per heavy atom. The van der Waals surface area contributed by atoms with E-state index in [4.69, 9.17) is 5.73 Å². The summed E-state index contributed by atoms with van der Waals surface area (Å²) in [5.41, 5.74) is 6.45. The topological polar surface area (TPSA) is 64.3 Å². The van der Waals surface area contributed by atoms with Crippen LogP contribution in [0.1, 0.15) is 5.56 Å². The lowest BCUT2D eigenvalue weighted by molar-refractivity contribution is -0.141. The molecule has 0 fully saturated rings. The maximum atomic E-state index is 11.7. The molecule has 0 heterocycles. The molecule has 4 nitrogen and oxygen atoms in total. The van der Waals surface area contributed by atoms with Gasteiger partial charge in [0.2, 0.25) is 5.91 Å². The quantitative estimate of drug-likeness (QED) is 0.764. The average Bonchev–Trinajstić information content (AvgIpc) is 2.37. The average molecular weight is 258 g/mol. The summed E-state index contributed by atoms with van der Waals surface area (Å²) in [4.78, 5) is 11.4. The van der Waals surface area contributed by atoms with Crippen LogP contribution in [0.25, 0.3) is 0 Å². The van der Waals surface area contributed by atoms with Crippen LogP contribution in [0.5, 0.6) is 0 Å². The third-order valence-electron chi connectivity index (χ3n) is 2.29. The van der Waals surface area contributed by atoms with Gasteiger partial charge in [-0.3, -0.25) is 4.79 Å². The second kappa shape index (κ2) is 7.73. The van der Waals surface area contributed by atoms with E-state index in [-0.39, 0.29) is 0 Å². The third-order valence-corrected chi connectivity index (χ3v) is 2.29. The Morgan fingerprint density at radius 1 is 1.33 bits per heavy atom. The molecule has 0 aliphatic rings. The second-order valence-corrected chi connectivity index (χ2v) is 3.73. The van der Waals surface area contributed by atoms with Crippen molar-refractivity contribution in [3.63, 3.8) is 0 Å². The van der Waals surface area contributed by atoms with Crippen molar-refractivity contribution < 1.29 is 18.3 Å². The van der Waals surface area contributed by atoms with E-state index < -0.39 is 25.2 Å². The number of halogens is 2. The number of benzene rings is 1. The van der Waals surface area contributed by atoms with Gasteiger partial charge in [-0.2, -0.15) is 8.78 Å². The smallest absolute Gasteiger partial charge is 0.345 e. The second-order valence-electron chi connectivity index (χ2n) is 3.73. The van der Waals surface area contributed by atoms with Crippen molar-refractivity contribution in [2.24, 2.45) is 5.73 Å². The fourth-order valence-electron chi connectivity index (χ4n) is 1.36. The van der Waals surface area contributed by atoms with Gasteiger partial charge in [-0.05, 0) is 12.0 Å². The Kier molecular flexibility index (Phi) is 6.24. The van der Waals surface area contributed by atoms with Gasteiger partial charge in [0.05, 0.1) is 6.61 Å². The molecule has 0 bridgehead atoms. The van der Waals surface area contributed by atoms with Crippen LogP contribution in [-0.4, -0.2) is 31.7 Å². The van der Waals surface area contributed by atoms with Gasteiger partial charge < -0.3 is 15.8 Å². The minimum Gasteiger partial charge on any atom is -0.354 e. The van der Waals surface area contributed by atoms with Crippen molar-refractivity contribution in [3.05, 3.63) is 35.9 Å². The molecule has 0 aliphatic heterocycles. The van der Waals surface area contributed by atoms with E-state index in [0.717, 1.165) is 5.56 Å².